The Morgan fingerprint density at radius 3 is 2.89 bits per heavy atom. The van der Waals surface area contributed by atoms with Gasteiger partial charge < -0.3 is 15.0 Å². The van der Waals surface area contributed by atoms with E-state index in [4.69, 9.17) is 4.74 Å². The second-order valence-electron chi connectivity index (χ2n) is 5.95. The fraction of sp³-hybridized carbons (Fsp3) is 0.500. The van der Waals surface area contributed by atoms with Gasteiger partial charge in [0.25, 0.3) is 0 Å². The van der Waals surface area contributed by atoms with Crippen LogP contribution in [0.5, 0.6) is 0 Å². The van der Waals surface area contributed by atoms with E-state index in [1.54, 1.807) is 0 Å². The highest BCUT2D eigenvalue weighted by atomic mass is 16.5. The summed E-state index contributed by atoms with van der Waals surface area (Å²) in [4.78, 5) is 3.43. The van der Waals surface area contributed by atoms with Crippen LogP contribution in [0.15, 0.2) is 30.5 Å². The number of benzene rings is 1. The Morgan fingerprint density at radius 2 is 2.00 bits per heavy atom. The average Bonchev–Trinajstić information content (AvgIpc) is 3.04. The van der Waals surface area contributed by atoms with Gasteiger partial charge in [0.2, 0.25) is 0 Å². The van der Waals surface area contributed by atoms with Gasteiger partial charge in [-0.3, -0.25) is 0 Å². The van der Waals surface area contributed by atoms with Crippen LogP contribution in [0.25, 0.3) is 10.9 Å². The molecule has 1 aromatic heterocycles. The smallest absolute Gasteiger partial charge is 0.0472 e. The molecular formula is C16H20N2O. The minimum Gasteiger partial charge on any atom is -0.381 e. The van der Waals surface area contributed by atoms with Gasteiger partial charge in [0, 0.05) is 49.3 Å². The predicted octanol–water partition coefficient (Wildman–Crippen LogP) is 2.65. The first kappa shape index (κ1) is 11.5. The molecular weight excluding hydrogens is 236 g/mol. The summed E-state index contributed by atoms with van der Waals surface area (Å²) in [6.07, 6.45) is 4.59. The Bertz CT molecular complexity index is 583. The molecule has 3 heteroatoms. The van der Waals surface area contributed by atoms with Gasteiger partial charge in [-0.25, -0.2) is 0 Å². The van der Waals surface area contributed by atoms with Crippen molar-refractivity contribution in [2.45, 2.75) is 18.8 Å². The number of para-hydroxylation sites is 1. The van der Waals surface area contributed by atoms with Crippen LogP contribution in [0.2, 0.25) is 0 Å². The lowest BCUT2D eigenvalue weighted by molar-refractivity contribution is 0.0167. The SMILES string of the molecule is c1ccc2c(C3CNCC34CCOCC4)c[nH]c2c1. The lowest BCUT2D eigenvalue weighted by Gasteiger charge is -2.38. The molecule has 0 saturated carbocycles. The number of H-pyrrole nitrogens is 1. The molecule has 1 unspecified atom stereocenters. The lowest BCUT2D eigenvalue weighted by atomic mass is 9.69. The number of hydrogen-bond donors (Lipinski definition) is 2. The van der Waals surface area contributed by atoms with Crippen LogP contribution in [-0.2, 0) is 4.74 Å². The molecule has 3 nitrogen and oxygen atoms in total. The van der Waals surface area contributed by atoms with E-state index in [1.165, 1.54) is 29.3 Å². The molecule has 0 radical (unpaired) electrons. The van der Waals surface area contributed by atoms with E-state index in [2.05, 4.69) is 40.8 Å². The predicted molar refractivity (Wildman–Crippen MR) is 76.4 cm³/mol. The van der Waals surface area contributed by atoms with Crippen molar-refractivity contribution >= 4 is 10.9 Å². The Hall–Kier alpha value is -1.32. The zero-order chi connectivity index (χ0) is 12.7. The fourth-order valence-electron chi connectivity index (χ4n) is 3.93. The van der Waals surface area contributed by atoms with Crippen molar-refractivity contribution in [3.63, 3.8) is 0 Å². The maximum Gasteiger partial charge on any atom is 0.0472 e. The third-order valence-electron chi connectivity index (χ3n) is 5.05. The van der Waals surface area contributed by atoms with E-state index >= 15 is 0 Å². The van der Waals surface area contributed by atoms with Crippen molar-refractivity contribution in [3.8, 4) is 0 Å². The number of fused-ring (bicyclic) bond motifs is 1. The highest BCUT2D eigenvalue weighted by Gasteiger charge is 2.45. The van der Waals surface area contributed by atoms with Crippen molar-refractivity contribution in [2.75, 3.05) is 26.3 Å². The minimum atomic E-state index is 0.406. The summed E-state index contributed by atoms with van der Waals surface area (Å²) in [5, 5.41) is 5.01. The summed E-state index contributed by atoms with van der Waals surface area (Å²) in [6.45, 7) is 4.07. The molecule has 0 aliphatic carbocycles. The van der Waals surface area contributed by atoms with Gasteiger partial charge >= 0.3 is 0 Å². The first-order chi connectivity index (χ1) is 9.39. The number of nitrogens with one attached hydrogen (secondary N) is 2. The summed E-state index contributed by atoms with van der Waals surface area (Å²) < 4.78 is 5.57. The van der Waals surface area contributed by atoms with Gasteiger partial charge in [0.05, 0.1) is 0 Å². The van der Waals surface area contributed by atoms with Crippen molar-refractivity contribution in [1.82, 2.24) is 10.3 Å². The molecule has 2 saturated heterocycles. The Labute approximate surface area is 113 Å². The number of aromatic amines is 1. The molecule has 0 bridgehead atoms. The zero-order valence-electron chi connectivity index (χ0n) is 11.1. The molecule has 4 rings (SSSR count). The second-order valence-corrected chi connectivity index (χ2v) is 5.95. The highest BCUT2D eigenvalue weighted by molar-refractivity contribution is 5.83. The van der Waals surface area contributed by atoms with E-state index in [0.29, 0.717) is 11.3 Å². The largest absolute Gasteiger partial charge is 0.381 e. The number of ether oxygens (including phenoxy) is 1. The first-order valence-electron chi connectivity index (χ1n) is 7.24. The average molecular weight is 256 g/mol. The van der Waals surface area contributed by atoms with Gasteiger partial charge in [-0.2, -0.15) is 0 Å². The summed E-state index contributed by atoms with van der Waals surface area (Å²) >= 11 is 0. The third-order valence-corrected chi connectivity index (χ3v) is 5.05. The number of hydrogen-bond acceptors (Lipinski definition) is 2. The van der Waals surface area contributed by atoms with Crippen LogP contribution in [0.1, 0.15) is 24.3 Å². The van der Waals surface area contributed by atoms with Crippen LogP contribution in [0, 0.1) is 5.41 Å². The summed E-state index contributed by atoms with van der Waals surface area (Å²) in [5.41, 5.74) is 3.15. The normalized spacial score (nSPS) is 26.2. The fourth-order valence-corrected chi connectivity index (χ4v) is 3.93. The Balaban J connectivity index is 1.78. The van der Waals surface area contributed by atoms with Crippen molar-refractivity contribution < 1.29 is 4.74 Å². The van der Waals surface area contributed by atoms with Crippen molar-refractivity contribution in [1.29, 1.82) is 0 Å². The highest BCUT2D eigenvalue weighted by Crippen LogP contribution is 2.47. The molecule has 2 aromatic rings. The maximum atomic E-state index is 5.57. The molecule has 1 atom stereocenters. The standard InChI is InChI=1S/C16H20N2O/c1-2-4-15-12(3-1)13(9-18-15)14-10-17-11-16(14)5-7-19-8-6-16/h1-4,9,14,17-18H,5-8,10-11H2. The van der Waals surface area contributed by atoms with Crippen LogP contribution in [0.4, 0.5) is 0 Å². The van der Waals surface area contributed by atoms with Gasteiger partial charge in [-0.15, -0.1) is 0 Å². The molecule has 1 spiro atoms. The maximum absolute atomic E-state index is 5.57. The summed E-state index contributed by atoms with van der Waals surface area (Å²) in [5.74, 6) is 0.618. The third kappa shape index (κ3) is 1.72. The van der Waals surface area contributed by atoms with Gasteiger partial charge in [0.15, 0.2) is 0 Å². The molecule has 19 heavy (non-hydrogen) atoms. The number of rotatable bonds is 1. The van der Waals surface area contributed by atoms with E-state index in [-0.39, 0.29) is 0 Å². The molecule has 2 N–H and O–H groups in total. The monoisotopic (exact) mass is 256 g/mol. The summed E-state index contributed by atoms with van der Waals surface area (Å²) in [6, 6.07) is 8.64. The quantitative estimate of drug-likeness (QED) is 0.823. The second kappa shape index (κ2) is 4.36. The van der Waals surface area contributed by atoms with Gasteiger partial charge in [-0.05, 0) is 29.9 Å². The Morgan fingerprint density at radius 1 is 1.16 bits per heavy atom. The molecule has 2 aliphatic heterocycles. The van der Waals surface area contributed by atoms with Gasteiger partial charge in [0.1, 0.15) is 0 Å². The molecule has 100 valence electrons. The topological polar surface area (TPSA) is 37.0 Å². The van der Waals surface area contributed by atoms with E-state index in [0.717, 1.165) is 26.3 Å². The summed E-state index contributed by atoms with van der Waals surface area (Å²) in [7, 11) is 0. The molecule has 3 heterocycles. The van der Waals surface area contributed by atoms with E-state index in [1.807, 2.05) is 0 Å². The van der Waals surface area contributed by atoms with Crippen LogP contribution in [0.3, 0.4) is 0 Å². The van der Waals surface area contributed by atoms with E-state index in [9.17, 15) is 0 Å². The molecule has 1 aromatic carbocycles. The molecule has 2 fully saturated rings. The number of aromatic nitrogens is 1. The van der Waals surface area contributed by atoms with Gasteiger partial charge in [-0.1, -0.05) is 18.2 Å². The first-order valence-corrected chi connectivity index (χ1v) is 7.24. The Kier molecular flexibility index (Phi) is 2.64. The van der Waals surface area contributed by atoms with E-state index < -0.39 is 0 Å². The van der Waals surface area contributed by atoms with Crippen LogP contribution >= 0.6 is 0 Å². The van der Waals surface area contributed by atoms with Crippen LogP contribution < -0.4 is 5.32 Å². The zero-order valence-corrected chi connectivity index (χ0v) is 11.1. The minimum absolute atomic E-state index is 0.406. The molecule has 2 aliphatic rings. The molecule has 0 amide bonds. The lowest BCUT2D eigenvalue weighted by Crippen LogP contribution is -2.35. The van der Waals surface area contributed by atoms with Crippen molar-refractivity contribution in [2.24, 2.45) is 5.41 Å². The van der Waals surface area contributed by atoms with Crippen LogP contribution in [-0.4, -0.2) is 31.3 Å². The van der Waals surface area contributed by atoms with Crippen molar-refractivity contribution in [3.05, 3.63) is 36.0 Å².